The fourth-order valence-corrected chi connectivity index (χ4v) is 2.71. The summed E-state index contributed by atoms with van der Waals surface area (Å²) in [5, 5.41) is 11.6. The van der Waals surface area contributed by atoms with Gasteiger partial charge in [-0.3, -0.25) is 14.9 Å². The number of carbonyl (C=O) groups is 1. The van der Waals surface area contributed by atoms with Gasteiger partial charge in [-0.25, -0.2) is 0 Å². The largest absolute Gasteiger partial charge is 0.466 e. The van der Waals surface area contributed by atoms with Gasteiger partial charge < -0.3 is 9.47 Å². The van der Waals surface area contributed by atoms with E-state index in [0.717, 1.165) is 0 Å². The van der Waals surface area contributed by atoms with Crippen LogP contribution in [0.1, 0.15) is 18.1 Å². The average molecular weight is 429 g/mol. The van der Waals surface area contributed by atoms with Gasteiger partial charge in [-0.15, -0.1) is 0 Å². The van der Waals surface area contributed by atoms with Crippen LogP contribution in [0.15, 0.2) is 36.4 Å². The van der Waals surface area contributed by atoms with E-state index in [2.05, 4.69) is 15.9 Å². The SMILES string of the molecule is CCOC(=O)Cc1ccc(Cl)c(Oc2ccc([N+](=O)[O-])cc2CBr)c1. The number of hydrogen-bond donors (Lipinski definition) is 0. The lowest BCUT2D eigenvalue weighted by Crippen LogP contribution is -2.07. The number of carbonyl (C=O) groups excluding carboxylic acids is 1. The molecule has 132 valence electrons. The highest BCUT2D eigenvalue weighted by atomic mass is 79.9. The molecule has 0 bridgehead atoms. The summed E-state index contributed by atoms with van der Waals surface area (Å²) in [6.45, 7) is 2.05. The number of hydrogen-bond acceptors (Lipinski definition) is 5. The van der Waals surface area contributed by atoms with Crippen molar-refractivity contribution in [1.82, 2.24) is 0 Å². The molecule has 2 aromatic rings. The molecule has 0 N–H and O–H groups in total. The zero-order chi connectivity index (χ0) is 18.4. The van der Waals surface area contributed by atoms with Crippen molar-refractivity contribution in [1.29, 1.82) is 0 Å². The van der Waals surface area contributed by atoms with Crippen LogP contribution in [0.2, 0.25) is 5.02 Å². The molecule has 0 spiro atoms. The maximum absolute atomic E-state index is 11.6. The van der Waals surface area contributed by atoms with Gasteiger partial charge in [-0.05, 0) is 30.7 Å². The van der Waals surface area contributed by atoms with E-state index in [1.54, 1.807) is 25.1 Å². The number of halogens is 2. The molecular weight excluding hydrogens is 414 g/mol. The number of ether oxygens (including phenoxy) is 2. The number of rotatable bonds is 7. The predicted octanol–water partition coefficient (Wildman–Crippen LogP) is 5.04. The van der Waals surface area contributed by atoms with Gasteiger partial charge in [0.1, 0.15) is 11.5 Å². The maximum Gasteiger partial charge on any atom is 0.310 e. The number of nitro groups is 1. The van der Waals surface area contributed by atoms with Crippen molar-refractivity contribution in [3.63, 3.8) is 0 Å². The highest BCUT2D eigenvalue weighted by molar-refractivity contribution is 9.08. The molecule has 0 amide bonds. The van der Waals surface area contributed by atoms with Gasteiger partial charge in [0.25, 0.3) is 5.69 Å². The summed E-state index contributed by atoms with van der Waals surface area (Å²) >= 11 is 9.45. The first-order chi connectivity index (χ1) is 11.9. The van der Waals surface area contributed by atoms with Crippen LogP contribution in [0.4, 0.5) is 5.69 Å². The van der Waals surface area contributed by atoms with E-state index in [9.17, 15) is 14.9 Å². The molecule has 0 aliphatic heterocycles. The molecule has 0 heterocycles. The molecule has 0 fully saturated rings. The molecule has 0 radical (unpaired) electrons. The maximum atomic E-state index is 11.6. The van der Waals surface area contributed by atoms with Crippen molar-refractivity contribution in [2.45, 2.75) is 18.7 Å². The van der Waals surface area contributed by atoms with E-state index < -0.39 is 4.92 Å². The second kappa shape index (κ2) is 8.82. The van der Waals surface area contributed by atoms with Gasteiger partial charge in [0.05, 0.1) is 23.0 Å². The van der Waals surface area contributed by atoms with Gasteiger partial charge >= 0.3 is 5.97 Å². The first kappa shape index (κ1) is 19.2. The molecule has 0 aliphatic carbocycles. The number of nitrogens with zero attached hydrogens (tertiary/aromatic N) is 1. The Hall–Kier alpha value is -2.12. The number of esters is 1. The summed E-state index contributed by atoms with van der Waals surface area (Å²) < 4.78 is 10.7. The molecule has 2 aromatic carbocycles. The standard InChI is InChI=1S/C17H15BrClNO5/c1-2-24-17(21)8-11-3-5-14(19)16(7-11)25-15-6-4-13(20(22)23)9-12(15)10-18/h3-7,9H,2,8,10H2,1H3. The second-order valence-corrected chi connectivity index (χ2v) is 6.00. The van der Waals surface area contributed by atoms with Crippen LogP contribution in [-0.4, -0.2) is 17.5 Å². The van der Waals surface area contributed by atoms with Crippen LogP contribution in [0.25, 0.3) is 0 Å². The third-order valence-electron chi connectivity index (χ3n) is 3.27. The summed E-state index contributed by atoms with van der Waals surface area (Å²) in [5.74, 6) is 0.462. The van der Waals surface area contributed by atoms with Gasteiger partial charge in [-0.2, -0.15) is 0 Å². The minimum absolute atomic E-state index is 0.0241. The monoisotopic (exact) mass is 427 g/mol. The number of benzene rings is 2. The topological polar surface area (TPSA) is 78.7 Å². The van der Waals surface area contributed by atoms with E-state index >= 15 is 0 Å². The zero-order valence-electron chi connectivity index (χ0n) is 13.3. The molecule has 0 saturated carbocycles. The Labute approximate surface area is 158 Å². The van der Waals surface area contributed by atoms with E-state index in [0.29, 0.717) is 39.6 Å². The molecule has 0 aliphatic rings. The average Bonchev–Trinajstić information content (AvgIpc) is 2.58. The fraction of sp³-hybridized carbons (Fsp3) is 0.235. The van der Waals surface area contributed by atoms with Gasteiger partial charge in [0.15, 0.2) is 0 Å². The Bertz CT molecular complexity index is 797. The Morgan fingerprint density at radius 2 is 2.00 bits per heavy atom. The van der Waals surface area contributed by atoms with Crippen LogP contribution in [0, 0.1) is 10.1 Å². The van der Waals surface area contributed by atoms with E-state index in [4.69, 9.17) is 21.1 Å². The number of non-ortho nitro benzene ring substituents is 1. The summed E-state index contributed by atoms with van der Waals surface area (Å²) in [7, 11) is 0. The second-order valence-electron chi connectivity index (χ2n) is 5.03. The van der Waals surface area contributed by atoms with Crippen LogP contribution in [0.3, 0.4) is 0 Å². The van der Waals surface area contributed by atoms with E-state index in [-0.39, 0.29) is 18.1 Å². The van der Waals surface area contributed by atoms with Crippen molar-refractivity contribution >= 4 is 39.2 Å². The lowest BCUT2D eigenvalue weighted by atomic mass is 10.1. The normalized spacial score (nSPS) is 10.4. The molecular formula is C17H15BrClNO5. The first-order valence-electron chi connectivity index (χ1n) is 7.39. The Kier molecular flexibility index (Phi) is 6.78. The van der Waals surface area contributed by atoms with Gasteiger partial charge in [0, 0.05) is 23.0 Å². The fourth-order valence-electron chi connectivity index (χ4n) is 2.12. The minimum atomic E-state index is -0.469. The van der Waals surface area contributed by atoms with Crippen LogP contribution < -0.4 is 4.74 Å². The third-order valence-corrected chi connectivity index (χ3v) is 4.18. The van der Waals surface area contributed by atoms with Crippen molar-refractivity contribution in [2.75, 3.05) is 6.61 Å². The van der Waals surface area contributed by atoms with Crippen molar-refractivity contribution < 1.29 is 19.2 Å². The summed E-state index contributed by atoms with van der Waals surface area (Å²) in [5.41, 5.74) is 1.28. The molecule has 8 heteroatoms. The molecule has 2 rings (SSSR count). The molecule has 0 aromatic heterocycles. The first-order valence-corrected chi connectivity index (χ1v) is 8.89. The summed E-state index contributed by atoms with van der Waals surface area (Å²) in [6.07, 6.45) is 0.104. The molecule has 0 atom stereocenters. The van der Waals surface area contributed by atoms with Crippen molar-refractivity contribution in [3.8, 4) is 11.5 Å². The minimum Gasteiger partial charge on any atom is -0.466 e. The number of nitro benzene ring substituents is 1. The third kappa shape index (κ3) is 5.17. The van der Waals surface area contributed by atoms with E-state index in [1.807, 2.05) is 0 Å². The molecule has 0 saturated heterocycles. The van der Waals surface area contributed by atoms with Crippen molar-refractivity contribution in [3.05, 3.63) is 62.7 Å². The van der Waals surface area contributed by atoms with E-state index in [1.165, 1.54) is 18.2 Å². The lowest BCUT2D eigenvalue weighted by molar-refractivity contribution is -0.384. The lowest BCUT2D eigenvalue weighted by Gasteiger charge is -2.12. The van der Waals surface area contributed by atoms with Crippen LogP contribution >= 0.6 is 27.5 Å². The Morgan fingerprint density at radius 3 is 2.64 bits per heavy atom. The number of alkyl halides is 1. The highest BCUT2D eigenvalue weighted by Crippen LogP contribution is 2.34. The van der Waals surface area contributed by atoms with Crippen molar-refractivity contribution in [2.24, 2.45) is 0 Å². The Balaban J connectivity index is 2.27. The molecule has 0 unspecified atom stereocenters. The quantitative estimate of drug-likeness (QED) is 0.267. The Morgan fingerprint density at radius 1 is 1.24 bits per heavy atom. The highest BCUT2D eigenvalue weighted by Gasteiger charge is 2.14. The summed E-state index contributed by atoms with van der Waals surface area (Å²) in [6, 6.07) is 9.30. The van der Waals surface area contributed by atoms with Gasteiger partial charge in [0.2, 0.25) is 0 Å². The smallest absolute Gasteiger partial charge is 0.310 e. The zero-order valence-corrected chi connectivity index (χ0v) is 15.7. The van der Waals surface area contributed by atoms with Gasteiger partial charge in [-0.1, -0.05) is 33.6 Å². The summed E-state index contributed by atoms with van der Waals surface area (Å²) in [4.78, 5) is 22.0. The predicted molar refractivity (Wildman–Crippen MR) is 97.6 cm³/mol. The molecule has 6 nitrogen and oxygen atoms in total. The van der Waals surface area contributed by atoms with Crippen LogP contribution in [0.5, 0.6) is 11.5 Å². The molecule has 25 heavy (non-hydrogen) atoms. The van der Waals surface area contributed by atoms with Crippen LogP contribution in [-0.2, 0) is 21.3 Å².